The van der Waals surface area contributed by atoms with Crippen molar-refractivity contribution < 1.29 is 9.59 Å². The van der Waals surface area contributed by atoms with Crippen LogP contribution in [0.3, 0.4) is 0 Å². The second-order valence-electron chi connectivity index (χ2n) is 5.82. The second kappa shape index (κ2) is 6.79. The number of Topliss-reactive ketones (excluding diaryl/α,β-unsaturated/α-hetero) is 1. The van der Waals surface area contributed by atoms with Gasteiger partial charge in [0.05, 0.1) is 11.0 Å². The van der Waals surface area contributed by atoms with Crippen molar-refractivity contribution in [2.24, 2.45) is 0 Å². The molecule has 0 radical (unpaired) electrons. The highest BCUT2D eigenvalue weighted by Gasteiger charge is 2.11. The van der Waals surface area contributed by atoms with Gasteiger partial charge in [0.15, 0.2) is 5.78 Å². The Balaban J connectivity index is 1.93. The number of nitrogens with one attached hydrogen (secondary N) is 2. The fourth-order valence-electron chi connectivity index (χ4n) is 2.73. The summed E-state index contributed by atoms with van der Waals surface area (Å²) in [6.45, 7) is 3.60. The van der Waals surface area contributed by atoms with Crippen LogP contribution in [0.1, 0.15) is 34.6 Å². The molecule has 0 atom stereocenters. The summed E-state index contributed by atoms with van der Waals surface area (Å²) in [5.41, 5.74) is 1.07. The number of aromatic amines is 1. The van der Waals surface area contributed by atoms with E-state index in [9.17, 15) is 19.2 Å². The highest BCUT2D eigenvalue weighted by atomic mass is 16.2. The maximum atomic E-state index is 12.4. The fourth-order valence-corrected chi connectivity index (χ4v) is 2.73. The first-order valence-electron chi connectivity index (χ1n) is 8.10. The minimum absolute atomic E-state index is 0.0525. The lowest BCUT2D eigenvalue weighted by Crippen LogP contribution is -2.36. The Hall–Kier alpha value is -3.48. The van der Waals surface area contributed by atoms with Crippen LogP contribution in [0.15, 0.2) is 52.1 Å². The van der Waals surface area contributed by atoms with Crippen LogP contribution in [0.5, 0.6) is 0 Å². The van der Waals surface area contributed by atoms with E-state index in [-0.39, 0.29) is 11.7 Å². The lowest BCUT2D eigenvalue weighted by atomic mass is 10.1. The molecule has 7 heteroatoms. The lowest BCUT2D eigenvalue weighted by Gasteiger charge is -2.09. The van der Waals surface area contributed by atoms with Crippen LogP contribution < -0.4 is 16.4 Å². The minimum Gasteiger partial charge on any atom is -0.322 e. The molecule has 26 heavy (non-hydrogen) atoms. The van der Waals surface area contributed by atoms with Crippen molar-refractivity contribution in [2.75, 3.05) is 5.32 Å². The first-order valence-corrected chi connectivity index (χ1v) is 8.10. The summed E-state index contributed by atoms with van der Waals surface area (Å²) in [7, 11) is 0. The van der Waals surface area contributed by atoms with E-state index in [1.807, 2.05) is 0 Å². The van der Waals surface area contributed by atoms with E-state index >= 15 is 0 Å². The molecule has 0 fully saturated rings. The Morgan fingerprint density at radius 2 is 1.69 bits per heavy atom. The van der Waals surface area contributed by atoms with E-state index in [1.165, 1.54) is 17.6 Å². The Bertz CT molecular complexity index is 1120. The van der Waals surface area contributed by atoms with E-state index in [0.717, 1.165) is 0 Å². The van der Waals surface area contributed by atoms with Gasteiger partial charge < -0.3 is 14.9 Å². The molecule has 0 bridgehead atoms. The largest absolute Gasteiger partial charge is 0.322 e. The van der Waals surface area contributed by atoms with Crippen LogP contribution in [-0.4, -0.2) is 21.2 Å². The first-order chi connectivity index (χ1) is 12.4. The summed E-state index contributed by atoms with van der Waals surface area (Å²) in [5.74, 6) is -0.416. The highest BCUT2D eigenvalue weighted by molar-refractivity contribution is 6.06. The standard InChI is InChI=1S/C19H17N3O4/c1-3-22-16-9-6-13(10-15(16)21-18(25)19(22)26)17(24)20-14-7-4-12(5-8-14)11(2)23/h4-10H,3H2,1-2H3,(H,20,24)(H,21,25). The van der Waals surface area contributed by atoms with Crippen LogP contribution in [0, 0.1) is 0 Å². The van der Waals surface area contributed by atoms with E-state index in [2.05, 4.69) is 10.3 Å². The fraction of sp³-hybridized carbons (Fsp3) is 0.158. The topological polar surface area (TPSA) is 101 Å². The summed E-state index contributed by atoms with van der Waals surface area (Å²) in [5, 5.41) is 2.73. The molecule has 0 aliphatic heterocycles. The molecule has 3 rings (SSSR count). The predicted octanol–water partition coefficient (Wildman–Crippen LogP) is 2.16. The Morgan fingerprint density at radius 3 is 2.31 bits per heavy atom. The molecule has 3 aromatic rings. The monoisotopic (exact) mass is 351 g/mol. The molecule has 0 saturated heterocycles. The number of benzene rings is 2. The van der Waals surface area contributed by atoms with Gasteiger partial charge >= 0.3 is 11.1 Å². The van der Waals surface area contributed by atoms with E-state index < -0.39 is 11.1 Å². The van der Waals surface area contributed by atoms with Gasteiger partial charge in [-0.05, 0) is 56.3 Å². The van der Waals surface area contributed by atoms with E-state index in [1.54, 1.807) is 43.3 Å². The second-order valence-corrected chi connectivity index (χ2v) is 5.82. The number of H-pyrrole nitrogens is 1. The number of ketones is 1. The quantitative estimate of drug-likeness (QED) is 0.555. The Kier molecular flexibility index (Phi) is 4.53. The number of rotatable bonds is 4. The number of aryl methyl sites for hydroxylation is 1. The van der Waals surface area contributed by atoms with Gasteiger partial charge in [0.25, 0.3) is 5.91 Å². The van der Waals surface area contributed by atoms with Crippen molar-refractivity contribution >= 4 is 28.4 Å². The maximum Gasteiger partial charge on any atom is 0.316 e. The van der Waals surface area contributed by atoms with Crippen LogP contribution in [-0.2, 0) is 6.54 Å². The molecule has 132 valence electrons. The first kappa shape index (κ1) is 17.3. The van der Waals surface area contributed by atoms with Crippen molar-refractivity contribution in [2.45, 2.75) is 20.4 Å². The van der Waals surface area contributed by atoms with Crippen molar-refractivity contribution in [1.29, 1.82) is 0 Å². The van der Waals surface area contributed by atoms with Crippen LogP contribution in [0.2, 0.25) is 0 Å². The zero-order valence-electron chi connectivity index (χ0n) is 14.3. The number of nitrogens with zero attached hydrogens (tertiary/aromatic N) is 1. The Labute approximate surface area is 148 Å². The molecule has 2 N–H and O–H groups in total. The molecule has 0 spiro atoms. The molecule has 0 aliphatic rings. The number of hydrogen-bond acceptors (Lipinski definition) is 4. The predicted molar refractivity (Wildman–Crippen MR) is 98.9 cm³/mol. The lowest BCUT2D eigenvalue weighted by molar-refractivity contribution is 0.101. The van der Waals surface area contributed by atoms with E-state index in [0.29, 0.717) is 34.4 Å². The zero-order chi connectivity index (χ0) is 18.8. The summed E-state index contributed by atoms with van der Waals surface area (Å²) in [6, 6.07) is 11.3. The average Bonchev–Trinajstić information content (AvgIpc) is 2.63. The molecular formula is C19H17N3O4. The highest BCUT2D eigenvalue weighted by Crippen LogP contribution is 2.15. The summed E-state index contributed by atoms with van der Waals surface area (Å²) < 4.78 is 1.36. The SMILES string of the molecule is CCn1c(=O)c(=O)[nH]c2cc(C(=O)Nc3ccc(C(C)=O)cc3)ccc21. The molecule has 2 aromatic carbocycles. The smallest absolute Gasteiger partial charge is 0.316 e. The van der Waals surface area contributed by atoms with Gasteiger partial charge in [-0.1, -0.05) is 0 Å². The molecule has 1 aromatic heterocycles. The van der Waals surface area contributed by atoms with Crippen LogP contribution in [0.25, 0.3) is 11.0 Å². The Morgan fingerprint density at radius 1 is 1.04 bits per heavy atom. The van der Waals surface area contributed by atoms with Gasteiger partial charge in [-0.15, -0.1) is 0 Å². The summed E-state index contributed by atoms with van der Waals surface area (Å²) in [6.07, 6.45) is 0. The molecule has 0 saturated carbocycles. The number of hydrogen-bond donors (Lipinski definition) is 2. The van der Waals surface area contributed by atoms with Crippen LogP contribution >= 0.6 is 0 Å². The average molecular weight is 351 g/mol. The number of carbonyl (C=O) groups is 2. The molecule has 0 aliphatic carbocycles. The van der Waals surface area contributed by atoms with Crippen molar-refractivity contribution in [3.05, 3.63) is 74.3 Å². The third-order valence-electron chi connectivity index (χ3n) is 4.10. The molecular weight excluding hydrogens is 334 g/mol. The van der Waals surface area contributed by atoms with Crippen LogP contribution in [0.4, 0.5) is 5.69 Å². The molecule has 1 amide bonds. The van der Waals surface area contributed by atoms with Gasteiger partial charge in [-0.2, -0.15) is 0 Å². The molecule has 0 unspecified atom stereocenters. The zero-order valence-corrected chi connectivity index (χ0v) is 14.3. The number of fused-ring (bicyclic) bond motifs is 1. The van der Waals surface area contributed by atoms with Gasteiger partial charge in [0.2, 0.25) is 0 Å². The summed E-state index contributed by atoms with van der Waals surface area (Å²) in [4.78, 5) is 49.9. The number of aromatic nitrogens is 2. The van der Waals surface area contributed by atoms with Gasteiger partial charge in [0, 0.05) is 23.4 Å². The maximum absolute atomic E-state index is 12.4. The van der Waals surface area contributed by atoms with Crippen molar-refractivity contribution in [3.63, 3.8) is 0 Å². The van der Waals surface area contributed by atoms with E-state index in [4.69, 9.17) is 0 Å². The number of carbonyl (C=O) groups excluding carboxylic acids is 2. The number of anilines is 1. The normalized spacial score (nSPS) is 10.7. The van der Waals surface area contributed by atoms with Gasteiger partial charge in [-0.25, -0.2) is 0 Å². The van der Waals surface area contributed by atoms with Gasteiger partial charge in [-0.3, -0.25) is 19.2 Å². The summed E-state index contributed by atoms with van der Waals surface area (Å²) >= 11 is 0. The van der Waals surface area contributed by atoms with Crippen molar-refractivity contribution in [1.82, 2.24) is 9.55 Å². The van der Waals surface area contributed by atoms with Crippen molar-refractivity contribution in [3.8, 4) is 0 Å². The minimum atomic E-state index is -0.725. The third kappa shape index (κ3) is 3.19. The molecule has 1 heterocycles. The number of amides is 1. The van der Waals surface area contributed by atoms with Gasteiger partial charge in [0.1, 0.15) is 0 Å². The third-order valence-corrected chi connectivity index (χ3v) is 4.10. The molecule has 7 nitrogen and oxygen atoms in total.